The molecule has 1 aromatic rings. The fourth-order valence-electron chi connectivity index (χ4n) is 1.28. The summed E-state index contributed by atoms with van der Waals surface area (Å²) in [5.41, 5.74) is 0. The van der Waals surface area contributed by atoms with Gasteiger partial charge in [-0.05, 0) is 25.5 Å². The van der Waals surface area contributed by atoms with Crippen molar-refractivity contribution in [3.8, 4) is 11.5 Å². The maximum absolute atomic E-state index is 12.1. The van der Waals surface area contributed by atoms with Crippen molar-refractivity contribution in [1.82, 2.24) is 0 Å². The van der Waals surface area contributed by atoms with Gasteiger partial charge in [0.1, 0.15) is 5.78 Å². The zero-order valence-corrected chi connectivity index (χ0v) is 9.79. The van der Waals surface area contributed by atoms with Gasteiger partial charge in [0.05, 0.1) is 6.61 Å². The Hall–Kier alpha value is -1.72. The standard InChI is InChI=1S/C12H13F3O3/c1-9(16)5-4-8-17-10-6-2-3-7-11(10)18-12(13,14)15/h2-3,6-7H,4-5,8H2,1H3. The van der Waals surface area contributed by atoms with Crippen LogP contribution in [0, 0.1) is 0 Å². The molecule has 18 heavy (non-hydrogen) atoms. The van der Waals surface area contributed by atoms with Crippen LogP contribution >= 0.6 is 0 Å². The minimum Gasteiger partial charge on any atom is -0.490 e. The van der Waals surface area contributed by atoms with E-state index in [1.807, 2.05) is 0 Å². The van der Waals surface area contributed by atoms with Gasteiger partial charge in [0.2, 0.25) is 0 Å². The Bertz CT molecular complexity index is 402. The van der Waals surface area contributed by atoms with E-state index >= 15 is 0 Å². The number of hydrogen-bond acceptors (Lipinski definition) is 3. The zero-order valence-electron chi connectivity index (χ0n) is 9.79. The normalized spacial score (nSPS) is 11.1. The molecular weight excluding hydrogens is 249 g/mol. The molecule has 0 amide bonds. The predicted octanol–water partition coefficient (Wildman–Crippen LogP) is 3.33. The highest BCUT2D eigenvalue weighted by atomic mass is 19.4. The summed E-state index contributed by atoms with van der Waals surface area (Å²) < 4.78 is 45.3. The van der Waals surface area contributed by atoms with Crippen molar-refractivity contribution in [1.29, 1.82) is 0 Å². The second kappa shape index (κ2) is 6.28. The number of carbonyl (C=O) groups is 1. The first-order chi connectivity index (χ1) is 8.38. The molecule has 0 N–H and O–H groups in total. The first-order valence-electron chi connectivity index (χ1n) is 5.35. The van der Waals surface area contributed by atoms with Gasteiger partial charge in [-0.2, -0.15) is 0 Å². The number of alkyl halides is 3. The van der Waals surface area contributed by atoms with Crippen LogP contribution in [0.25, 0.3) is 0 Å². The molecule has 0 aliphatic heterocycles. The molecule has 0 saturated heterocycles. The topological polar surface area (TPSA) is 35.5 Å². The molecule has 1 rings (SSSR count). The SMILES string of the molecule is CC(=O)CCCOc1ccccc1OC(F)(F)F. The second-order valence-electron chi connectivity index (χ2n) is 3.65. The molecule has 100 valence electrons. The van der Waals surface area contributed by atoms with Crippen LogP contribution in [0.5, 0.6) is 11.5 Å². The number of para-hydroxylation sites is 2. The molecule has 6 heteroatoms. The Balaban J connectivity index is 2.56. The van der Waals surface area contributed by atoms with Crippen LogP contribution in [-0.2, 0) is 4.79 Å². The lowest BCUT2D eigenvalue weighted by Crippen LogP contribution is -2.17. The maximum atomic E-state index is 12.1. The van der Waals surface area contributed by atoms with Crippen molar-refractivity contribution >= 4 is 5.78 Å². The number of hydrogen-bond donors (Lipinski definition) is 0. The van der Waals surface area contributed by atoms with Crippen LogP contribution in [0.1, 0.15) is 19.8 Å². The Labute approximate surface area is 103 Å². The molecule has 0 fully saturated rings. The highest BCUT2D eigenvalue weighted by Gasteiger charge is 2.32. The number of ether oxygens (including phenoxy) is 2. The summed E-state index contributed by atoms with van der Waals surface area (Å²) in [6.07, 6.45) is -3.96. The lowest BCUT2D eigenvalue weighted by Gasteiger charge is -2.13. The molecule has 0 aliphatic carbocycles. The lowest BCUT2D eigenvalue weighted by atomic mass is 10.2. The highest BCUT2D eigenvalue weighted by molar-refractivity contribution is 5.75. The van der Waals surface area contributed by atoms with Crippen LogP contribution in [-0.4, -0.2) is 18.8 Å². The van der Waals surface area contributed by atoms with E-state index in [2.05, 4.69) is 4.74 Å². The zero-order chi connectivity index (χ0) is 13.6. The molecule has 0 saturated carbocycles. The van der Waals surface area contributed by atoms with Gasteiger partial charge >= 0.3 is 6.36 Å². The molecule has 0 spiro atoms. The molecule has 0 radical (unpaired) electrons. The van der Waals surface area contributed by atoms with E-state index in [0.717, 1.165) is 0 Å². The summed E-state index contributed by atoms with van der Waals surface area (Å²) >= 11 is 0. The van der Waals surface area contributed by atoms with Crippen molar-refractivity contribution in [2.24, 2.45) is 0 Å². The second-order valence-corrected chi connectivity index (χ2v) is 3.65. The molecule has 0 atom stereocenters. The van der Waals surface area contributed by atoms with E-state index in [0.29, 0.717) is 12.8 Å². The molecular formula is C12H13F3O3. The van der Waals surface area contributed by atoms with Crippen molar-refractivity contribution in [3.63, 3.8) is 0 Å². The third-order valence-corrected chi connectivity index (χ3v) is 2.01. The van der Waals surface area contributed by atoms with Gasteiger partial charge in [0.15, 0.2) is 11.5 Å². The highest BCUT2D eigenvalue weighted by Crippen LogP contribution is 2.31. The molecule has 0 heterocycles. The van der Waals surface area contributed by atoms with Crippen LogP contribution < -0.4 is 9.47 Å². The Kier molecular flexibility index (Phi) is 5.00. The van der Waals surface area contributed by atoms with Crippen molar-refractivity contribution in [2.75, 3.05) is 6.61 Å². The summed E-state index contributed by atoms with van der Waals surface area (Å²) in [6.45, 7) is 1.61. The summed E-state index contributed by atoms with van der Waals surface area (Å²) in [5.74, 6) is -0.357. The molecule has 0 aliphatic rings. The van der Waals surface area contributed by atoms with E-state index in [-0.39, 0.29) is 23.9 Å². The van der Waals surface area contributed by atoms with E-state index in [1.165, 1.54) is 25.1 Å². The fraction of sp³-hybridized carbons (Fsp3) is 0.417. The molecule has 1 aromatic carbocycles. The van der Waals surface area contributed by atoms with Gasteiger partial charge in [0, 0.05) is 6.42 Å². The molecule has 0 aromatic heterocycles. The minimum absolute atomic E-state index is 0.0124. The maximum Gasteiger partial charge on any atom is 0.573 e. The van der Waals surface area contributed by atoms with E-state index in [9.17, 15) is 18.0 Å². The van der Waals surface area contributed by atoms with Crippen LogP contribution in [0.2, 0.25) is 0 Å². The third kappa shape index (κ3) is 5.56. The number of halogens is 3. The van der Waals surface area contributed by atoms with Gasteiger partial charge in [-0.3, -0.25) is 0 Å². The van der Waals surface area contributed by atoms with Gasteiger partial charge in [0.25, 0.3) is 0 Å². The number of carbonyl (C=O) groups excluding carboxylic acids is 1. The number of benzene rings is 1. The number of ketones is 1. The van der Waals surface area contributed by atoms with Gasteiger partial charge < -0.3 is 14.3 Å². The Morgan fingerprint density at radius 1 is 1.22 bits per heavy atom. The number of rotatable bonds is 6. The molecule has 0 unspecified atom stereocenters. The number of Topliss-reactive ketones (excluding diaryl/α,β-unsaturated/α-hetero) is 1. The summed E-state index contributed by atoms with van der Waals surface area (Å²) in [6, 6.07) is 5.52. The summed E-state index contributed by atoms with van der Waals surface area (Å²) in [7, 11) is 0. The van der Waals surface area contributed by atoms with Crippen LogP contribution in [0.15, 0.2) is 24.3 Å². The van der Waals surface area contributed by atoms with Crippen LogP contribution in [0.3, 0.4) is 0 Å². The molecule has 3 nitrogen and oxygen atoms in total. The lowest BCUT2D eigenvalue weighted by molar-refractivity contribution is -0.275. The summed E-state index contributed by atoms with van der Waals surface area (Å²) in [4.78, 5) is 10.7. The monoisotopic (exact) mass is 262 g/mol. The van der Waals surface area contributed by atoms with Crippen molar-refractivity contribution < 1.29 is 27.4 Å². The largest absolute Gasteiger partial charge is 0.573 e. The smallest absolute Gasteiger partial charge is 0.490 e. The van der Waals surface area contributed by atoms with E-state index in [1.54, 1.807) is 6.07 Å². The van der Waals surface area contributed by atoms with Crippen molar-refractivity contribution in [2.45, 2.75) is 26.1 Å². The third-order valence-electron chi connectivity index (χ3n) is 2.01. The Morgan fingerprint density at radius 2 is 1.83 bits per heavy atom. The average Bonchev–Trinajstić information content (AvgIpc) is 2.24. The first kappa shape index (κ1) is 14.3. The van der Waals surface area contributed by atoms with E-state index < -0.39 is 6.36 Å². The molecule has 0 bridgehead atoms. The van der Waals surface area contributed by atoms with Gasteiger partial charge in [-0.1, -0.05) is 12.1 Å². The van der Waals surface area contributed by atoms with E-state index in [4.69, 9.17) is 4.74 Å². The quantitative estimate of drug-likeness (QED) is 0.738. The average molecular weight is 262 g/mol. The minimum atomic E-state index is -4.75. The first-order valence-corrected chi connectivity index (χ1v) is 5.35. The van der Waals surface area contributed by atoms with Gasteiger partial charge in [-0.25, -0.2) is 0 Å². The van der Waals surface area contributed by atoms with Crippen molar-refractivity contribution in [3.05, 3.63) is 24.3 Å². The van der Waals surface area contributed by atoms with Crippen LogP contribution in [0.4, 0.5) is 13.2 Å². The predicted molar refractivity (Wildman–Crippen MR) is 58.5 cm³/mol. The summed E-state index contributed by atoms with van der Waals surface area (Å²) in [5, 5.41) is 0. The Morgan fingerprint density at radius 3 is 2.39 bits per heavy atom. The van der Waals surface area contributed by atoms with Gasteiger partial charge in [-0.15, -0.1) is 13.2 Å². The fourth-order valence-corrected chi connectivity index (χ4v) is 1.28.